The van der Waals surface area contributed by atoms with Crippen LogP contribution in [0, 0.1) is 0 Å². The van der Waals surface area contributed by atoms with Crippen LogP contribution in [-0.2, 0) is 29.8 Å². The molecule has 0 amide bonds. The molecule has 0 spiro atoms. The second-order valence-electron chi connectivity index (χ2n) is 5.72. The van der Waals surface area contributed by atoms with E-state index in [1.807, 2.05) is 0 Å². The van der Waals surface area contributed by atoms with Crippen molar-refractivity contribution in [3.63, 3.8) is 0 Å². The summed E-state index contributed by atoms with van der Waals surface area (Å²) in [6, 6.07) is -3.04. The first-order chi connectivity index (χ1) is 12.2. The van der Waals surface area contributed by atoms with Crippen LogP contribution in [0.2, 0.25) is 0 Å². The van der Waals surface area contributed by atoms with E-state index >= 15 is 0 Å². The monoisotopic (exact) mass is 437 g/mol. The third-order valence-electron chi connectivity index (χ3n) is 3.79. The number of aliphatic hydroxyl groups is 2. The largest absolute Gasteiger partial charge is 0.481 e. The van der Waals surface area contributed by atoms with Gasteiger partial charge in [-0.1, -0.05) is 0 Å². The third kappa shape index (κ3) is 9.41. The Kier molecular flexibility index (Phi) is 10.3. The number of aliphatic hydroxyl groups excluding tert-OH is 2. The highest BCUT2D eigenvalue weighted by molar-refractivity contribution is 7.86. The highest BCUT2D eigenvalue weighted by atomic mass is 32.2. The number of carbonyl (C=O) groups is 2. The maximum absolute atomic E-state index is 11.4. The van der Waals surface area contributed by atoms with Crippen molar-refractivity contribution in [3.05, 3.63) is 0 Å². The minimum absolute atomic E-state index is 0.493. The van der Waals surface area contributed by atoms with Crippen molar-refractivity contribution in [2.45, 2.75) is 48.3 Å². The molecule has 0 rings (SSSR count). The van der Waals surface area contributed by atoms with Crippen molar-refractivity contribution >= 4 is 32.2 Å². The van der Waals surface area contributed by atoms with E-state index in [0.29, 0.717) is 0 Å². The van der Waals surface area contributed by atoms with Gasteiger partial charge in [0, 0.05) is 24.9 Å². The Morgan fingerprint density at radius 3 is 1.22 bits per heavy atom. The van der Waals surface area contributed by atoms with Gasteiger partial charge in [0.25, 0.3) is 20.2 Å². The van der Waals surface area contributed by atoms with Gasteiger partial charge in [-0.05, 0) is 12.8 Å². The fourth-order valence-corrected chi connectivity index (χ4v) is 4.08. The van der Waals surface area contributed by atoms with Crippen LogP contribution < -0.4 is 5.32 Å². The molecule has 13 nitrogen and oxygen atoms in total. The van der Waals surface area contributed by atoms with Gasteiger partial charge < -0.3 is 25.7 Å². The lowest BCUT2D eigenvalue weighted by atomic mass is 10.0. The van der Waals surface area contributed by atoms with E-state index in [2.05, 4.69) is 5.32 Å². The number of hydrogen-bond donors (Lipinski definition) is 7. The van der Waals surface area contributed by atoms with Gasteiger partial charge in [0.1, 0.15) is 10.5 Å². The number of carboxylic acids is 2. The van der Waals surface area contributed by atoms with Crippen LogP contribution in [0.4, 0.5) is 0 Å². The molecule has 0 radical (unpaired) electrons. The second-order valence-corrected chi connectivity index (χ2v) is 8.99. The maximum atomic E-state index is 11.4. The first kappa shape index (κ1) is 25.6. The van der Waals surface area contributed by atoms with Crippen LogP contribution in [0.5, 0.6) is 0 Å². The van der Waals surface area contributed by atoms with Gasteiger partial charge in [-0.3, -0.25) is 18.7 Å². The molecule has 0 aliphatic heterocycles. The van der Waals surface area contributed by atoms with E-state index in [1.54, 1.807) is 0 Å². The lowest BCUT2D eigenvalue weighted by molar-refractivity contribution is -0.138. The Hall–Kier alpha value is -1.36. The lowest BCUT2D eigenvalue weighted by Crippen LogP contribution is -2.55. The van der Waals surface area contributed by atoms with E-state index in [1.165, 1.54) is 0 Å². The predicted octanol–water partition coefficient (Wildman–Crippen LogP) is -2.46. The van der Waals surface area contributed by atoms with E-state index in [-0.39, 0.29) is 0 Å². The van der Waals surface area contributed by atoms with Gasteiger partial charge in [0.2, 0.25) is 0 Å². The van der Waals surface area contributed by atoms with Crippen molar-refractivity contribution in [2.75, 3.05) is 13.2 Å². The Morgan fingerprint density at radius 2 is 1.04 bits per heavy atom. The van der Waals surface area contributed by atoms with E-state index in [0.717, 1.165) is 0 Å². The SMILES string of the molecule is O=C(O)CCC(NC(CCC(=O)O)C(CO)S(=O)(=O)O)C(CO)S(=O)(=O)O. The number of aliphatic carboxylic acids is 2. The summed E-state index contributed by atoms with van der Waals surface area (Å²) in [6.07, 6.45) is -2.25. The summed E-state index contributed by atoms with van der Waals surface area (Å²) in [5.41, 5.74) is 0. The minimum Gasteiger partial charge on any atom is -0.481 e. The molecule has 7 N–H and O–H groups in total. The number of hydrogen-bond acceptors (Lipinski definition) is 9. The molecule has 0 saturated carbocycles. The topological polar surface area (TPSA) is 236 Å². The Balaban J connectivity index is 5.85. The fourth-order valence-electron chi connectivity index (χ4n) is 2.44. The standard InChI is InChI=1S/C12H23NO12S2/c14-5-9(26(20,21)22)7(1-3-11(16)17)13-8(2-4-12(18)19)10(6-15)27(23,24)25/h7-10,13-15H,1-6H2,(H,16,17)(H,18,19)(H,20,21,22)(H,23,24,25). The minimum atomic E-state index is -4.90. The molecule has 4 unspecified atom stereocenters. The Morgan fingerprint density at radius 1 is 0.741 bits per heavy atom. The van der Waals surface area contributed by atoms with E-state index in [9.17, 15) is 45.7 Å². The highest BCUT2D eigenvalue weighted by Gasteiger charge is 2.38. The molecule has 0 aromatic heterocycles. The molecule has 4 atom stereocenters. The smallest absolute Gasteiger partial charge is 0.303 e. The van der Waals surface area contributed by atoms with E-state index < -0.39 is 93.7 Å². The molecule has 0 aliphatic carbocycles. The number of rotatable bonds is 14. The van der Waals surface area contributed by atoms with Crippen molar-refractivity contribution in [2.24, 2.45) is 0 Å². The molecule has 0 aliphatic rings. The van der Waals surface area contributed by atoms with Gasteiger partial charge in [0.05, 0.1) is 13.2 Å². The van der Waals surface area contributed by atoms with Gasteiger partial charge >= 0.3 is 11.9 Å². The molecule has 0 bridgehead atoms. The van der Waals surface area contributed by atoms with Crippen molar-refractivity contribution in [1.29, 1.82) is 0 Å². The van der Waals surface area contributed by atoms with Crippen molar-refractivity contribution < 1.29 is 56.0 Å². The number of carboxylic acid groups (broad SMARTS) is 2. The first-order valence-corrected chi connectivity index (χ1v) is 10.6. The van der Waals surface area contributed by atoms with Crippen molar-refractivity contribution in [1.82, 2.24) is 5.32 Å². The average molecular weight is 437 g/mol. The molecule has 0 heterocycles. The average Bonchev–Trinajstić information content (AvgIpc) is 2.47. The summed E-state index contributed by atoms with van der Waals surface area (Å²) in [4.78, 5) is 21.5. The fraction of sp³-hybridized carbons (Fsp3) is 0.833. The summed E-state index contributed by atoms with van der Waals surface area (Å²) >= 11 is 0. The summed E-state index contributed by atoms with van der Waals surface area (Å²) in [5.74, 6) is -2.71. The Bertz CT molecular complexity index is 644. The first-order valence-electron chi connectivity index (χ1n) is 7.58. The Labute approximate surface area is 155 Å². The molecule has 0 fully saturated rings. The summed E-state index contributed by atoms with van der Waals surface area (Å²) in [6.45, 7) is -2.31. The van der Waals surface area contributed by atoms with Crippen LogP contribution in [0.15, 0.2) is 0 Å². The quantitative estimate of drug-likeness (QED) is 0.140. The molecule has 27 heavy (non-hydrogen) atoms. The summed E-state index contributed by atoms with van der Waals surface area (Å²) in [7, 11) is -9.81. The molecular formula is C12H23NO12S2. The zero-order valence-electron chi connectivity index (χ0n) is 14.0. The normalized spacial score (nSPS) is 17.0. The van der Waals surface area contributed by atoms with E-state index in [4.69, 9.17) is 10.2 Å². The van der Waals surface area contributed by atoms with Gasteiger partial charge in [-0.15, -0.1) is 0 Å². The van der Waals surface area contributed by atoms with Gasteiger partial charge in [0.15, 0.2) is 0 Å². The summed E-state index contributed by atoms with van der Waals surface area (Å²) in [5, 5.41) is 34.5. The highest BCUT2D eigenvalue weighted by Crippen LogP contribution is 2.17. The molecule has 0 aromatic carbocycles. The van der Waals surface area contributed by atoms with Crippen LogP contribution in [-0.4, -0.2) is 94.1 Å². The third-order valence-corrected chi connectivity index (χ3v) is 6.27. The molecule has 15 heteroatoms. The zero-order chi connectivity index (χ0) is 21.4. The van der Waals surface area contributed by atoms with Crippen LogP contribution in [0.25, 0.3) is 0 Å². The maximum Gasteiger partial charge on any atom is 0.303 e. The lowest BCUT2D eigenvalue weighted by Gasteiger charge is -2.32. The van der Waals surface area contributed by atoms with Gasteiger partial charge in [-0.2, -0.15) is 16.8 Å². The predicted molar refractivity (Wildman–Crippen MR) is 89.3 cm³/mol. The summed E-state index contributed by atoms with van der Waals surface area (Å²) < 4.78 is 64.1. The number of nitrogens with one attached hydrogen (secondary N) is 1. The van der Waals surface area contributed by atoms with Crippen LogP contribution in [0.3, 0.4) is 0 Å². The zero-order valence-corrected chi connectivity index (χ0v) is 15.6. The van der Waals surface area contributed by atoms with Gasteiger partial charge in [-0.25, -0.2) is 0 Å². The molecule has 0 saturated heterocycles. The second kappa shape index (κ2) is 10.8. The molecular weight excluding hydrogens is 414 g/mol. The van der Waals surface area contributed by atoms with Crippen LogP contribution >= 0.6 is 0 Å². The van der Waals surface area contributed by atoms with Crippen molar-refractivity contribution in [3.8, 4) is 0 Å². The molecule has 0 aromatic rings. The van der Waals surface area contributed by atoms with Crippen LogP contribution in [0.1, 0.15) is 25.7 Å². The molecule has 160 valence electrons.